The zero-order valence-corrected chi connectivity index (χ0v) is 24.5. The van der Waals surface area contributed by atoms with Crippen molar-refractivity contribution in [3.63, 3.8) is 0 Å². The van der Waals surface area contributed by atoms with Gasteiger partial charge in [0.25, 0.3) is 5.56 Å². The summed E-state index contributed by atoms with van der Waals surface area (Å²) < 4.78 is 7.29. The van der Waals surface area contributed by atoms with Crippen LogP contribution in [0.25, 0.3) is 10.9 Å². The van der Waals surface area contributed by atoms with E-state index in [1.807, 2.05) is 84.9 Å². The molecule has 0 amide bonds. The van der Waals surface area contributed by atoms with Gasteiger partial charge in [-0.15, -0.1) is 5.10 Å². The molecule has 0 aliphatic rings. The summed E-state index contributed by atoms with van der Waals surface area (Å²) in [4.78, 5) is 19.2. The molecular formula is C34H31ClN6O2. The van der Waals surface area contributed by atoms with E-state index in [1.165, 1.54) is 5.56 Å². The van der Waals surface area contributed by atoms with E-state index in [9.17, 15) is 4.79 Å². The summed E-state index contributed by atoms with van der Waals surface area (Å²) in [6.45, 7) is 1.53. The summed E-state index contributed by atoms with van der Waals surface area (Å²) in [6.07, 6.45) is 0.736. The van der Waals surface area contributed by atoms with Crippen LogP contribution in [-0.4, -0.2) is 37.2 Å². The number of nitrogens with zero attached hydrogens (tertiary/aromatic N) is 5. The SMILES string of the molecule is COc1ccc2[nH]c(=O)c([C@H](c3nnnn3CCc3ccccc3)N(Cc3ccccc3)Cc3ccccc3Cl)cc2c1. The largest absolute Gasteiger partial charge is 0.497 e. The van der Waals surface area contributed by atoms with Gasteiger partial charge in [0, 0.05) is 41.1 Å². The van der Waals surface area contributed by atoms with E-state index >= 15 is 0 Å². The van der Waals surface area contributed by atoms with Crippen LogP contribution in [0.15, 0.2) is 114 Å². The van der Waals surface area contributed by atoms with Crippen molar-refractivity contribution in [2.75, 3.05) is 7.11 Å². The van der Waals surface area contributed by atoms with E-state index in [4.69, 9.17) is 16.3 Å². The number of halogens is 1. The highest BCUT2D eigenvalue weighted by Gasteiger charge is 2.31. The minimum atomic E-state index is -0.596. The highest BCUT2D eigenvalue weighted by Crippen LogP contribution is 2.32. The van der Waals surface area contributed by atoms with Crippen LogP contribution in [0.5, 0.6) is 5.75 Å². The molecule has 0 bridgehead atoms. The number of H-pyrrole nitrogens is 1. The molecule has 2 aromatic heterocycles. The lowest BCUT2D eigenvalue weighted by molar-refractivity contribution is 0.193. The Kier molecular flexibility index (Phi) is 8.58. The molecule has 0 saturated carbocycles. The van der Waals surface area contributed by atoms with Crippen molar-refractivity contribution in [3.05, 3.63) is 153 Å². The predicted octanol–water partition coefficient (Wildman–Crippen LogP) is 6.21. The molecule has 6 rings (SSSR count). The van der Waals surface area contributed by atoms with E-state index in [1.54, 1.807) is 11.8 Å². The number of fused-ring (bicyclic) bond motifs is 1. The Morgan fingerprint density at radius 2 is 1.60 bits per heavy atom. The maximum atomic E-state index is 13.9. The van der Waals surface area contributed by atoms with Crippen LogP contribution in [0.3, 0.4) is 0 Å². The molecule has 43 heavy (non-hydrogen) atoms. The first-order valence-corrected chi connectivity index (χ1v) is 14.5. The Hall–Kier alpha value is -4.79. The number of hydrogen-bond acceptors (Lipinski definition) is 6. The molecule has 1 atom stereocenters. The molecule has 0 spiro atoms. The Labute approximate surface area is 254 Å². The second-order valence-corrected chi connectivity index (χ2v) is 10.8. The average molecular weight is 591 g/mol. The summed E-state index contributed by atoms with van der Waals surface area (Å²) in [7, 11) is 1.63. The van der Waals surface area contributed by atoms with Crippen LogP contribution in [-0.2, 0) is 26.1 Å². The average Bonchev–Trinajstić information content (AvgIpc) is 3.50. The molecule has 0 fully saturated rings. The van der Waals surface area contributed by atoms with Crippen molar-refractivity contribution in [3.8, 4) is 5.75 Å². The number of aryl methyl sites for hydroxylation is 2. The number of methoxy groups -OCH3 is 1. The molecule has 0 aliphatic carbocycles. The molecule has 0 saturated heterocycles. The number of aromatic nitrogens is 5. The van der Waals surface area contributed by atoms with Gasteiger partial charge in [0.05, 0.1) is 7.11 Å². The predicted molar refractivity (Wildman–Crippen MR) is 168 cm³/mol. The number of benzene rings is 4. The number of aromatic amines is 1. The number of ether oxygens (including phenoxy) is 1. The van der Waals surface area contributed by atoms with Gasteiger partial charge in [0.2, 0.25) is 0 Å². The Morgan fingerprint density at radius 3 is 2.35 bits per heavy atom. The third-order valence-corrected chi connectivity index (χ3v) is 7.93. The van der Waals surface area contributed by atoms with Crippen LogP contribution in [0, 0.1) is 0 Å². The van der Waals surface area contributed by atoms with E-state index in [0.29, 0.717) is 41.8 Å². The third-order valence-electron chi connectivity index (χ3n) is 7.56. The zero-order valence-electron chi connectivity index (χ0n) is 23.7. The number of rotatable bonds is 11. The van der Waals surface area contributed by atoms with Gasteiger partial charge in [-0.05, 0) is 63.9 Å². The highest BCUT2D eigenvalue weighted by atomic mass is 35.5. The summed E-state index contributed by atoms with van der Waals surface area (Å²) in [5.41, 5.74) is 4.23. The second-order valence-electron chi connectivity index (χ2n) is 10.4. The quantitative estimate of drug-likeness (QED) is 0.193. The fourth-order valence-corrected chi connectivity index (χ4v) is 5.57. The monoisotopic (exact) mass is 590 g/mol. The van der Waals surface area contributed by atoms with Crippen LogP contribution >= 0.6 is 11.6 Å². The fourth-order valence-electron chi connectivity index (χ4n) is 5.38. The topological polar surface area (TPSA) is 88.9 Å². The number of nitrogens with one attached hydrogen (secondary N) is 1. The normalized spacial score (nSPS) is 12.1. The molecule has 9 heteroatoms. The van der Waals surface area contributed by atoms with Gasteiger partial charge >= 0.3 is 0 Å². The molecule has 4 aromatic carbocycles. The van der Waals surface area contributed by atoms with Crippen molar-refractivity contribution < 1.29 is 4.74 Å². The van der Waals surface area contributed by atoms with Crippen molar-refractivity contribution in [2.24, 2.45) is 0 Å². The Bertz CT molecular complexity index is 1870. The molecule has 0 aliphatic heterocycles. The molecule has 8 nitrogen and oxygen atoms in total. The molecule has 2 heterocycles. The summed E-state index contributed by atoms with van der Waals surface area (Å²) in [6, 6.07) is 35.1. The Balaban J connectivity index is 1.50. The third kappa shape index (κ3) is 6.51. The van der Waals surface area contributed by atoms with E-state index in [0.717, 1.165) is 28.5 Å². The minimum Gasteiger partial charge on any atom is -0.497 e. The van der Waals surface area contributed by atoms with Gasteiger partial charge in [0.1, 0.15) is 11.8 Å². The molecule has 6 aromatic rings. The fraction of sp³-hybridized carbons (Fsp3) is 0.176. The van der Waals surface area contributed by atoms with E-state index < -0.39 is 6.04 Å². The highest BCUT2D eigenvalue weighted by molar-refractivity contribution is 6.31. The summed E-state index contributed by atoms with van der Waals surface area (Å²) in [5.74, 6) is 1.28. The molecule has 1 N–H and O–H groups in total. The van der Waals surface area contributed by atoms with Gasteiger partial charge in [-0.3, -0.25) is 9.69 Å². The first kappa shape index (κ1) is 28.3. The first-order valence-electron chi connectivity index (χ1n) is 14.1. The van der Waals surface area contributed by atoms with Crippen LogP contribution in [0.1, 0.15) is 34.1 Å². The molecular weight excluding hydrogens is 560 g/mol. The smallest absolute Gasteiger partial charge is 0.253 e. The van der Waals surface area contributed by atoms with Crippen molar-refractivity contribution >= 4 is 22.5 Å². The lowest BCUT2D eigenvalue weighted by Crippen LogP contribution is -2.35. The maximum absolute atomic E-state index is 13.9. The number of tetrazole rings is 1. The number of pyridine rings is 1. The number of hydrogen-bond donors (Lipinski definition) is 1. The molecule has 216 valence electrons. The van der Waals surface area contributed by atoms with Gasteiger partial charge in [-0.2, -0.15) is 0 Å². The maximum Gasteiger partial charge on any atom is 0.253 e. The lowest BCUT2D eigenvalue weighted by atomic mass is 10.0. The standard InChI is InChI=1S/C34H31ClN6O2/c1-43-28-16-17-31-27(20-28)21-29(34(42)36-31)32(33-37-38-39-41(33)19-18-24-10-4-2-5-11-24)40(22-25-12-6-3-7-13-25)23-26-14-8-9-15-30(26)35/h2-17,20-21,32H,18-19,22-23H2,1H3,(H,36,42)/t32-/m1/s1. The molecule has 0 radical (unpaired) electrons. The van der Waals surface area contributed by atoms with Gasteiger partial charge < -0.3 is 9.72 Å². The van der Waals surface area contributed by atoms with Crippen LogP contribution < -0.4 is 10.3 Å². The Morgan fingerprint density at radius 1 is 0.884 bits per heavy atom. The van der Waals surface area contributed by atoms with E-state index in [-0.39, 0.29) is 5.56 Å². The van der Waals surface area contributed by atoms with Crippen molar-refractivity contribution in [1.29, 1.82) is 0 Å². The van der Waals surface area contributed by atoms with Crippen molar-refractivity contribution in [2.45, 2.75) is 32.1 Å². The lowest BCUT2D eigenvalue weighted by Gasteiger charge is -2.31. The van der Waals surface area contributed by atoms with Gasteiger partial charge in [-0.25, -0.2) is 4.68 Å². The second kappa shape index (κ2) is 13.0. The van der Waals surface area contributed by atoms with Gasteiger partial charge in [0.15, 0.2) is 5.82 Å². The van der Waals surface area contributed by atoms with E-state index in [2.05, 4.69) is 49.7 Å². The van der Waals surface area contributed by atoms with Crippen LogP contribution in [0.4, 0.5) is 0 Å². The zero-order chi connectivity index (χ0) is 29.6. The minimum absolute atomic E-state index is 0.211. The summed E-state index contributed by atoms with van der Waals surface area (Å²) in [5, 5.41) is 14.5. The first-order chi connectivity index (χ1) is 21.1. The van der Waals surface area contributed by atoms with Crippen LogP contribution in [0.2, 0.25) is 5.02 Å². The van der Waals surface area contributed by atoms with Gasteiger partial charge in [-0.1, -0.05) is 90.5 Å². The summed E-state index contributed by atoms with van der Waals surface area (Å²) >= 11 is 6.68. The van der Waals surface area contributed by atoms with Crippen molar-refractivity contribution in [1.82, 2.24) is 30.1 Å². The molecule has 0 unspecified atom stereocenters.